The summed E-state index contributed by atoms with van der Waals surface area (Å²) < 4.78 is 0. The Morgan fingerprint density at radius 3 is 2.59 bits per heavy atom. The first-order chi connectivity index (χ1) is 13.0. The number of carbonyl (C=O) groups is 1. The third kappa shape index (κ3) is 5.08. The minimum atomic E-state index is -0.0883. The number of halogens is 2. The highest BCUT2D eigenvalue weighted by atomic mass is 35.5. The van der Waals surface area contributed by atoms with Crippen LogP contribution in [0.5, 0.6) is 0 Å². The third-order valence-electron chi connectivity index (χ3n) is 5.69. The molecule has 3 rings (SSSR count). The first-order valence-electron chi connectivity index (χ1n) is 9.95. The van der Waals surface area contributed by atoms with E-state index in [1.165, 1.54) is 12.8 Å². The number of rotatable bonds is 5. The van der Waals surface area contributed by atoms with Crippen molar-refractivity contribution in [3.05, 3.63) is 28.2 Å². The van der Waals surface area contributed by atoms with Crippen molar-refractivity contribution in [1.29, 1.82) is 0 Å². The van der Waals surface area contributed by atoms with Gasteiger partial charge in [-0.05, 0) is 31.5 Å². The minimum Gasteiger partial charge on any atom is -0.368 e. The maximum absolute atomic E-state index is 13.0. The molecule has 0 radical (unpaired) electrons. The molecule has 0 bridgehead atoms. The molecule has 0 aliphatic carbocycles. The van der Waals surface area contributed by atoms with Gasteiger partial charge >= 0.3 is 0 Å². The molecule has 7 heteroatoms. The van der Waals surface area contributed by atoms with Crippen LogP contribution in [-0.4, -0.2) is 73.6 Å². The summed E-state index contributed by atoms with van der Waals surface area (Å²) in [4.78, 5) is 19.7. The Hall–Kier alpha value is -1.01. The second-order valence-corrected chi connectivity index (χ2v) is 8.36. The van der Waals surface area contributed by atoms with Crippen molar-refractivity contribution in [1.82, 2.24) is 15.1 Å². The van der Waals surface area contributed by atoms with Crippen LogP contribution in [0.25, 0.3) is 0 Å². The van der Waals surface area contributed by atoms with Gasteiger partial charge in [-0.2, -0.15) is 0 Å². The van der Waals surface area contributed by atoms with Crippen molar-refractivity contribution >= 4 is 34.8 Å². The highest BCUT2D eigenvalue weighted by Gasteiger charge is 2.32. The highest BCUT2D eigenvalue weighted by molar-refractivity contribution is 6.42. The standard InChI is InChI=1S/C20H30Cl2N4O/c1-3-4-15(2)26-8-7-23-19(14-26)20(27)25-11-9-24(10-12-25)16-5-6-17(21)18(22)13-16/h5-6,13,15,19,23H,3-4,7-12,14H2,1-2H3/t15?,19-/m1/s1. The van der Waals surface area contributed by atoms with E-state index in [9.17, 15) is 4.79 Å². The lowest BCUT2D eigenvalue weighted by Crippen LogP contribution is -2.61. The highest BCUT2D eigenvalue weighted by Crippen LogP contribution is 2.27. The van der Waals surface area contributed by atoms with Gasteiger partial charge < -0.3 is 15.1 Å². The van der Waals surface area contributed by atoms with Crippen molar-refractivity contribution in [2.45, 2.75) is 38.8 Å². The fraction of sp³-hybridized carbons (Fsp3) is 0.650. The number of benzene rings is 1. The van der Waals surface area contributed by atoms with E-state index in [0.29, 0.717) is 16.1 Å². The maximum atomic E-state index is 13.0. The summed E-state index contributed by atoms with van der Waals surface area (Å²) in [5, 5.41) is 4.56. The lowest BCUT2D eigenvalue weighted by molar-refractivity contribution is -0.135. The lowest BCUT2D eigenvalue weighted by Gasteiger charge is -2.41. The fourth-order valence-electron chi connectivity index (χ4n) is 4.03. The summed E-state index contributed by atoms with van der Waals surface area (Å²) in [6.07, 6.45) is 2.36. The Balaban J connectivity index is 1.54. The van der Waals surface area contributed by atoms with E-state index >= 15 is 0 Å². The molecule has 1 aromatic rings. The van der Waals surface area contributed by atoms with Gasteiger partial charge in [-0.3, -0.25) is 9.69 Å². The molecule has 5 nitrogen and oxygen atoms in total. The summed E-state index contributed by atoms with van der Waals surface area (Å²) in [7, 11) is 0. The molecule has 27 heavy (non-hydrogen) atoms. The van der Waals surface area contributed by atoms with Crippen LogP contribution < -0.4 is 10.2 Å². The molecule has 150 valence electrons. The minimum absolute atomic E-state index is 0.0883. The van der Waals surface area contributed by atoms with Crippen LogP contribution in [0.2, 0.25) is 10.0 Å². The molecule has 2 aliphatic heterocycles. The molecule has 2 fully saturated rings. The number of carbonyl (C=O) groups excluding carboxylic acids is 1. The zero-order valence-electron chi connectivity index (χ0n) is 16.3. The monoisotopic (exact) mass is 412 g/mol. The second-order valence-electron chi connectivity index (χ2n) is 7.55. The van der Waals surface area contributed by atoms with Crippen molar-refractivity contribution in [3.8, 4) is 0 Å². The molecule has 2 aliphatic rings. The van der Waals surface area contributed by atoms with E-state index in [2.05, 4.69) is 29.0 Å². The summed E-state index contributed by atoms with van der Waals surface area (Å²) in [5.74, 6) is 0.234. The van der Waals surface area contributed by atoms with E-state index in [0.717, 1.165) is 51.5 Å². The van der Waals surface area contributed by atoms with Crippen LogP contribution in [0.1, 0.15) is 26.7 Å². The molecular formula is C20H30Cl2N4O. The van der Waals surface area contributed by atoms with Gasteiger partial charge in [0.2, 0.25) is 5.91 Å². The number of piperazine rings is 2. The summed E-state index contributed by atoms with van der Waals surface area (Å²) in [6, 6.07) is 6.17. The Labute approximate surface area is 172 Å². The molecule has 2 saturated heterocycles. The van der Waals surface area contributed by atoms with Gasteiger partial charge in [-0.1, -0.05) is 36.5 Å². The van der Waals surface area contributed by atoms with Crippen molar-refractivity contribution in [3.63, 3.8) is 0 Å². The number of nitrogens with one attached hydrogen (secondary N) is 1. The van der Waals surface area contributed by atoms with Gasteiger partial charge in [0.05, 0.1) is 16.1 Å². The fourth-order valence-corrected chi connectivity index (χ4v) is 4.32. The molecule has 1 aromatic carbocycles. The number of amides is 1. The Kier molecular flexibility index (Phi) is 7.26. The summed E-state index contributed by atoms with van der Waals surface area (Å²) >= 11 is 12.1. The molecule has 2 heterocycles. The topological polar surface area (TPSA) is 38.8 Å². The van der Waals surface area contributed by atoms with Gasteiger partial charge in [-0.25, -0.2) is 0 Å². The van der Waals surface area contributed by atoms with E-state index in [1.54, 1.807) is 0 Å². The zero-order valence-corrected chi connectivity index (χ0v) is 17.8. The number of hydrogen-bond acceptors (Lipinski definition) is 4. The van der Waals surface area contributed by atoms with Crippen LogP contribution in [0.4, 0.5) is 5.69 Å². The van der Waals surface area contributed by atoms with E-state index in [-0.39, 0.29) is 11.9 Å². The average Bonchev–Trinajstić information content (AvgIpc) is 2.70. The third-order valence-corrected chi connectivity index (χ3v) is 6.43. The van der Waals surface area contributed by atoms with Gasteiger partial charge in [0.1, 0.15) is 0 Å². The molecule has 0 spiro atoms. The molecule has 0 saturated carbocycles. The smallest absolute Gasteiger partial charge is 0.241 e. The van der Waals surface area contributed by atoms with Gasteiger partial charge in [0, 0.05) is 57.5 Å². The van der Waals surface area contributed by atoms with Crippen LogP contribution in [-0.2, 0) is 4.79 Å². The molecule has 1 amide bonds. The Bertz CT molecular complexity index is 649. The number of anilines is 1. The molecular weight excluding hydrogens is 383 g/mol. The number of hydrogen-bond donors (Lipinski definition) is 1. The van der Waals surface area contributed by atoms with E-state index in [1.807, 2.05) is 23.1 Å². The predicted molar refractivity (Wildman–Crippen MR) is 113 cm³/mol. The van der Waals surface area contributed by atoms with Gasteiger partial charge in [0.25, 0.3) is 0 Å². The second kappa shape index (κ2) is 9.46. The summed E-state index contributed by atoms with van der Waals surface area (Å²) in [6.45, 7) is 10.3. The predicted octanol–water partition coefficient (Wildman–Crippen LogP) is 3.10. The summed E-state index contributed by atoms with van der Waals surface area (Å²) in [5.41, 5.74) is 1.06. The Morgan fingerprint density at radius 2 is 1.93 bits per heavy atom. The van der Waals surface area contributed by atoms with Crippen LogP contribution in [0.3, 0.4) is 0 Å². The average molecular weight is 413 g/mol. The lowest BCUT2D eigenvalue weighted by atomic mass is 10.1. The molecule has 1 N–H and O–H groups in total. The van der Waals surface area contributed by atoms with E-state index < -0.39 is 0 Å². The van der Waals surface area contributed by atoms with Crippen molar-refractivity contribution < 1.29 is 4.79 Å². The zero-order chi connectivity index (χ0) is 19.4. The van der Waals surface area contributed by atoms with Gasteiger partial charge in [-0.15, -0.1) is 0 Å². The maximum Gasteiger partial charge on any atom is 0.241 e. The number of nitrogens with zero attached hydrogens (tertiary/aromatic N) is 3. The van der Waals surface area contributed by atoms with Crippen LogP contribution in [0.15, 0.2) is 18.2 Å². The van der Waals surface area contributed by atoms with Crippen molar-refractivity contribution in [2.75, 3.05) is 50.7 Å². The largest absolute Gasteiger partial charge is 0.368 e. The van der Waals surface area contributed by atoms with Crippen molar-refractivity contribution in [2.24, 2.45) is 0 Å². The SMILES string of the molecule is CCCC(C)N1CCN[C@@H](C(=O)N2CCN(c3ccc(Cl)c(Cl)c3)CC2)C1. The molecule has 1 unspecified atom stereocenters. The quantitative estimate of drug-likeness (QED) is 0.805. The first kappa shape index (κ1) is 20.7. The Morgan fingerprint density at radius 1 is 1.19 bits per heavy atom. The molecule has 0 aromatic heterocycles. The first-order valence-corrected chi connectivity index (χ1v) is 10.7. The van der Waals surface area contributed by atoms with E-state index in [4.69, 9.17) is 23.2 Å². The molecule has 2 atom stereocenters. The van der Waals surface area contributed by atoms with Crippen LogP contribution in [0, 0.1) is 0 Å². The van der Waals surface area contributed by atoms with Crippen LogP contribution >= 0.6 is 23.2 Å². The normalized spacial score (nSPS) is 22.7. The van der Waals surface area contributed by atoms with Gasteiger partial charge in [0.15, 0.2) is 0 Å².